The molecule has 23 heavy (non-hydrogen) atoms. The molecule has 4 heteroatoms. The molecule has 1 heterocycles. The largest absolute Gasteiger partial charge is 0.458 e. The van der Waals surface area contributed by atoms with E-state index in [0.717, 1.165) is 25.1 Å². The molecule has 1 aliphatic rings. The SMILES string of the molecule is Cc1nc(C(C)C)ncc1C(=O)OC1CCCCC1C(C)(C)C. The van der Waals surface area contributed by atoms with Crippen molar-refractivity contribution in [2.75, 3.05) is 0 Å². The molecule has 2 atom stereocenters. The van der Waals surface area contributed by atoms with Crippen molar-refractivity contribution in [1.29, 1.82) is 0 Å². The van der Waals surface area contributed by atoms with Gasteiger partial charge in [0.2, 0.25) is 0 Å². The molecule has 0 amide bonds. The van der Waals surface area contributed by atoms with Crippen LogP contribution in [0.1, 0.15) is 88.1 Å². The van der Waals surface area contributed by atoms with Crippen LogP contribution in [0.25, 0.3) is 0 Å². The van der Waals surface area contributed by atoms with E-state index in [4.69, 9.17) is 4.74 Å². The zero-order valence-corrected chi connectivity index (χ0v) is 15.3. The molecular weight excluding hydrogens is 288 g/mol. The molecule has 1 aromatic rings. The molecule has 0 bridgehead atoms. The summed E-state index contributed by atoms with van der Waals surface area (Å²) in [5, 5.41) is 0. The van der Waals surface area contributed by atoms with Crippen molar-refractivity contribution in [3.05, 3.63) is 23.3 Å². The lowest BCUT2D eigenvalue weighted by molar-refractivity contribution is -0.0253. The van der Waals surface area contributed by atoms with Crippen molar-refractivity contribution < 1.29 is 9.53 Å². The number of nitrogens with zero attached hydrogens (tertiary/aromatic N) is 2. The van der Waals surface area contributed by atoms with Gasteiger partial charge in [-0.25, -0.2) is 14.8 Å². The van der Waals surface area contributed by atoms with Gasteiger partial charge < -0.3 is 4.74 Å². The van der Waals surface area contributed by atoms with Gasteiger partial charge in [-0.05, 0) is 31.6 Å². The Balaban J connectivity index is 2.14. The minimum Gasteiger partial charge on any atom is -0.458 e. The average molecular weight is 318 g/mol. The molecule has 2 unspecified atom stereocenters. The highest BCUT2D eigenvalue weighted by atomic mass is 16.5. The molecule has 4 nitrogen and oxygen atoms in total. The third kappa shape index (κ3) is 4.30. The number of esters is 1. The van der Waals surface area contributed by atoms with E-state index in [-0.39, 0.29) is 23.4 Å². The molecule has 0 radical (unpaired) electrons. The van der Waals surface area contributed by atoms with Crippen LogP contribution < -0.4 is 0 Å². The Morgan fingerprint density at radius 1 is 1.26 bits per heavy atom. The van der Waals surface area contributed by atoms with Crippen LogP contribution in [0.15, 0.2) is 6.20 Å². The lowest BCUT2D eigenvalue weighted by Crippen LogP contribution is -2.38. The van der Waals surface area contributed by atoms with E-state index in [2.05, 4.69) is 30.7 Å². The molecule has 1 fully saturated rings. The molecule has 0 N–H and O–H groups in total. The minimum atomic E-state index is -0.279. The number of aromatic nitrogens is 2. The number of ether oxygens (including phenoxy) is 1. The van der Waals surface area contributed by atoms with Crippen molar-refractivity contribution in [3.8, 4) is 0 Å². The molecule has 1 aliphatic carbocycles. The van der Waals surface area contributed by atoms with Gasteiger partial charge in [0.25, 0.3) is 0 Å². The normalized spacial score (nSPS) is 22.2. The number of hydrogen-bond acceptors (Lipinski definition) is 4. The van der Waals surface area contributed by atoms with E-state index in [1.807, 2.05) is 20.8 Å². The van der Waals surface area contributed by atoms with Crippen molar-refractivity contribution in [2.24, 2.45) is 11.3 Å². The molecular formula is C19H30N2O2. The first-order valence-corrected chi connectivity index (χ1v) is 8.74. The smallest absolute Gasteiger partial charge is 0.341 e. The number of hydrogen-bond donors (Lipinski definition) is 0. The first-order valence-electron chi connectivity index (χ1n) is 8.74. The van der Waals surface area contributed by atoms with Gasteiger partial charge in [0, 0.05) is 18.0 Å². The monoisotopic (exact) mass is 318 g/mol. The van der Waals surface area contributed by atoms with Crippen LogP contribution in [0.5, 0.6) is 0 Å². The lowest BCUT2D eigenvalue weighted by Gasteiger charge is -2.39. The first-order chi connectivity index (χ1) is 10.7. The Hall–Kier alpha value is -1.45. The first kappa shape index (κ1) is 17.9. The van der Waals surface area contributed by atoms with E-state index < -0.39 is 0 Å². The third-order valence-corrected chi connectivity index (χ3v) is 4.81. The maximum Gasteiger partial charge on any atom is 0.341 e. The quantitative estimate of drug-likeness (QED) is 0.760. The second-order valence-corrected chi connectivity index (χ2v) is 8.08. The van der Waals surface area contributed by atoms with Crippen LogP contribution in [0, 0.1) is 18.3 Å². The number of carbonyl (C=O) groups excluding carboxylic acids is 1. The van der Waals surface area contributed by atoms with Crippen molar-refractivity contribution >= 4 is 5.97 Å². The van der Waals surface area contributed by atoms with Gasteiger partial charge >= 0.3 is 5.97 Å². The second kappa shape index (κ2) is 6.98. The minimum absolute atomic E-state index is 0.000394. The number of aryl methyl sites for hydroxylation is 1. The van der Waals surface area contributed by atoms with Crippen LogP contribution in [-0.4, -0.2) is 22.0 Å². The summed E-state index contributed by atoms with van der Waals surface area (Å²) in [5.74, 6) is 1.15. The highest BCUT2D eigenvalue weighted by Crippen LogP contribution is 2.39. The Kier molecular flexibility index (Phi) is 5.43. The zero-order valence-electron chi connectivity index (χ0n) is 15.3. The van der Waals surface area contributed by atoms with Gasteiger partial charge in [0.05, 0.1) is 11.3 Å². The predicted octanol–water partition coefficient (Wildman–Crippen LogP) is 4.67. The summed E-state index contributed by atoms with van der Waals surface area (Å²) in [4.78, 5) is 21.3. The molecule has 0 aliphatic heterocycles. The van der Waals surface area contributed by atoms with E-state index >= 15 is 0 Å². The maximum absolute atomic E-state index is 12.6. The van der Waals surface area contributed by atoms with E-state index in [9.17, 15) is 4.79 Å². The standard InChI is InChI=1S/C19H30N2O2/c1-12(2)17-20-11-14(13(3)21-17)18(22)23-16-10-8-7-9-15(16)19(4,5)6/h11-12,15-16H,7-10H2,1-6H3. The van der Waals surface area contributed by atoms with Crippen LogP contribution in [0.3, 0.4) is 0 Å². The summed E-state index contributed by atoms with van der Waals surface area (Å²) in [7, 11) is 0. The summed E-state index contributed by atoms with van der Waals surface area (Å²) in [6.07, 6.45) is 6.06. The van der Waals surface area contributed by atoms with E-state index in [1.165, 1.54) is 6.42 Å². The van der Waals surface area contributed by atoms with E-state index in [0.29, 0.717) is 17.2 Å². The maximum atomic E-state index is 12.6. The van der Waals surface area contributed by atoms with Crippen LogP contribution >= 0.6 is 0 Å². The second-order valence-electron chi connectivity index (χ2n) is 8.08. The van der Waals surface area contributed by atoms with Gasteiger partial charge in [-0.3, -0.25) is 0 Å². The average Bonchev–Trinajstić information content (AvgIpc) is 2.46. The van der Waals surface area contributed by atoms with Crippen molar-refractivity contribution in [2.45, 2.75) is 79.2 Å². The van der Waals surface area contributed by atoms with E-state index in [1.54, 1.807) is 6.20 Å². The summed E-state index contributed by atoms with van der Waals surface area (Å²) < 4.78 is 5.88. The summed E-state index contributed by atoms with van der Waals surface area (Å²) in [5.41, 5.74) is 1.35. The fraction of sp³-hybridized carbons (Fsp3) is 0.737. The van der Waals surface area contributed by atoms with Gasteiger partial charge in [-0.1, -0.05) is 41.0 Å². The number of rotatable bonds is 3. The summed E-state index contributed by atoms with van der Waals surface area (Å²) >= 11 is 0. The summed E-state index contributed by atoms with van der Waals surface area (Å²) in [6.45, 7) is 12.6. The molecule has 0 aromatic carbocycles. The molecule has 2 rings (SSSR count). The Labute approximate surface area is 140 Å². The fourth-order valence-corrected chi connectivity index (χ4v) is 3.39. The molecule has 0 spiro atoms. The highest BCUT2D eigenvalue weighted by molar-refractivity contribution is 5.90. The van der Waals surface area contributed by atoms with Gasteiger partial charge in [-0.15, -0.1) is 0 Å². The molecule has 1 aromatic heterocycles. The third-order valence-electron chi connectivity index (χ3n) is 4.81. The summed E-state index contributed by atoms with van der Waals surface area (Å²) in [6, 6.07) is 0. The number of carbonyl (C=O) groups is 1. The Bertz CT molecular complexity index is 561. The molecule has 0 saturated heterocycles. The van der Waals surface area contributed by atoms with Gasteiger partial charge in [0.15, 0.2) is 0 Å². The Morgan fingerprint density at radius 3 is 2.48 bits per heavy atom. The Morgan fingerprint density at radius 2 is 1.91 bits per heavy atom. The lowest BCUT2D eigenvalue weighted by atomic mass is 9.70. The molecule has 128 valence electrons. The van der Waals surface area contributed by atoms with Crippen LogP contribution in [0.2, 0.25) is 0 Å². The zero-order chi connectivity index (χ0) is 17.2. The highest BCUT2D eigenvalue weighted by Gasteiger charge is 2.36. The topological polar surface area (TPSA) is 52.1 Å². The van der Waals surface area contributed by atoms with Crippen molar-refractivity contribution in [3.63, 3.8) is 0 Å². The fourth-order valence-electron chi connectivity index (χ4n) is 3.39. The predicted molar refractivity (Wildman–Crippen MR) is 91.5 cm³/mol. The van der Waals surface area contributed by atoms with Crippen molar-refractivity contribution in [1.82, 2.24) is 9.97 Å². The van der Waals surface area contributed by atoms with Gasteiger partial charge in [-0.2, -0.15) is 0 Å². The van der Waals surface area contributed by atoms with Crippen LogP contribution in [-0.2, 0) is 4.74 Å². The van der Waals surface area contributed by atoms with Crippen LogP contribution in [0.4, 0.5) is 0 Å². The molecule has 1 saturated carbocycles. The van der Waals surface area contributed by atoms with Gasteiger partial charge in [0.1, 0.15) is 11.9 Å².